The minimum atomic E-state index is -0.693. The predicted octanol–water partition coefficient (Wildman–Crippen LogP) is 5.59. The summed E-state index contributed by atoms with van der Waals surface area (Å²) in [6.45, 7) is 2.48. The van der Waals surface area contributed by atoms with Gasteiger partial charge in [-0.3, -0.25) is 4.79 Å². The number of methoxy groups -OCH3 is 1. The number of benzene rings is 2. The summed E-state index contributed by atoms with van der Waals surface area (Å²) in [4.78, 5) is 18.1. The number of nitrogens with zero attached hydrogens (tertiary/aromatic N) is 4. The van der Waals surface area contributed by atoms with Crippen LogP contribution in [-0.2, 0) is 21.5 Å². The number of amides is 1. The number of carbonyl (C=O) groups excluding carboxylic acids is 1. The van der Waals surface area contributed by atoms with Crippen molar-refractivity contribution in [3.05, 3.63) is 69.8 Å². The Balaban J connectivity index is 1.30. The van der Waals surface area contributed by atoms with Gasteiger partial charge in [0.1, 0.15) is 12.0 Å². The highest BCUT2D eigenvalue weighted by atomic mass is 35.5. The Bertz CT molecular complexity index is 1290. The summed E-state index contributed by atoms with van der Waals surface area (Å²) in [6.07, 6.45) is 5.86. The van der Waals surface area contributed by atoms with Gasteiger partial charge in [-0.2, -0.15) is 5.10 Å². The van der Waals surface area contributed by atoms with E-state index in [0.717, 1.165) is 60.8 Å². The van der Waals surface area contributed by atoms with Crippen LogP contribution in [-0.4, -0.2) is 42.5 Å². The Morgan fingerprint density at radius 1 is 1.14 bits per heavy atom. The second-order valence-electron chi connectivity index (χ2n) is 9.75. The second kappa shape index (κ2) is 9.29. The van der Waals surface area contributed by atoms with Crippen molar-refractivity contribution in [1.29, 1.82) is 0 Å². The van der Waals surface area contributed by atoms with Crippen molar-refractivity contribution >= 4 is 40.6 Å². The van der Waals surface area contributed by atoms with Crippen molar-refractivity contribution < 1.29 is 14.3 Å². The van der Waals surface area contributed by atoms with E-state index in [-0.39, 0.29) is 12.1 Å². The van der Waals surface area contributed by atoms with Crippen LogP contribution in [0.5, 0.6) is 5.75 Å². The lowest BCUT2D eigenvalue weighted by Gasteiger charge is -2.25. The van der Waals surface area contributed by atoms with Gasteiger partial charge in [0.15, 0.2) is 5.82 Å². The molecule has 0 N–H and O–H groups in total. The van der Waals surface area contributed by atoms with Crippen LogP contribution < -0.4 is 14.5 Å². The van der Waals surface area contributed by atoms with Gasteiger partial charge in [-0.15, -0.1) is 0 Å². The fourth-order valence-electron chi connectivity index (χ4n) is 5.69. The number of hydrogen-bond donors (Lipinski definition) is 0. The van der Waals surface area contributed by atoms with Gasteiger partial charge in [-0.1, -0.05) is 35.3 Å². The SMILES string of the molecule is COc1ccc(CN2C(=O)C3(CCN(c4ccn(C5CCCCO5)n4)C3)c3cc(Cl)c(Cl)cc32)cc1. The molecule has 6 rings (SSSR count). The van der Waals surface area contributed by atoms with Crippen LogP contribution in [0.15, 0.2) is 48.7 Å². The minimum absolute atomic E-state index is 0.0150. The zero-order valence-electron chi connectivity index (χ0n) is 20.1. The third-order valence-electron chi connectivity index (χ3n) is 7.64. The highest BCUT2D eigenvalue weighted by molar-refractivity contribution is 6.42. The van der Waals surface area contributed by atoms with Crippen LogP contribution in [0.3, 0.4) is 0 Å². The number of ether oxygens (including phenoxy) is 2. The van der Waals surface area contributed by atoms with E-state index in [1.54, 1.807) is 7.11 Å². The molecule has 2 aromatic carbocycles. The molecule has 9 heteroatoms. The first-order chi connectivity index (χ1) is 17.5. The number of carbonyl (C=O) groups is 1. The van der Waals surface area contributed by atoms with E-state index in [2.05, 4.69) is 4.90 Å². The molecule has 3 aliphatic rings. The number of rotatable bonds is 5. The fraction of sp³-hybridized carbons (Fsp3) is 0.407. The quantitative estimate of drug-likeness (QED) is 0.433. The molecule has 0 saturated carbocycles. The number of halogens is 2. The maximum atomic E-state index is 14.1. The molecule has 0 bridgehead atoms. The third-order valence-corrected chi connectivity index (χ3v) is 8.36. The van der Waals surface area contributed by atoms with Gasteiger partial charge < -0.3 is 19.3 Å². The molecular weight excluding hydrogens is 499 g/mol. The molecule has 2 saturated heterocycles. The van der Waals surface area contributed by atoms with Gasteiger partial charge in [0, 0.05) is 37.6 Å². The molecule has 1 spiro atoms. The Morgan fingerprint density at radius 3 is 2.69 bits per heavy atom. The molecule has 1 amide bonds. The smallest absolute Gasteiger partial charge is 0.239 e. The van der Waals surface area contributed by atoms with E-state index in [0.29, 0.717) is 29.6 Å². The average molecular weight is 527 g/mol. The zero-order chi connectivity index (χ0) is 24.9. The normalized spacial score (nSPS) is 23.5. The first-order valence-corrected chi connectivity index (χ1v) is 13.1. The lowest BCUT2D eigenvalue weighted by atomic mass is 9.81. The zero-order valence-corrected chi connectivity index (χ0v) is 21.6. The van der Waals surface area contributed by atoms with Crippen LogP contribution in [0.1, 0.15) is 43.0 Å². The number of hydrogen-bond acceptors (Lipinski definition) is 5. The van der Waals surface area contributed by atoms with Crippen molar-refractivity contribution in [2.75, 3.05) is 36.6 Å². The van der Waals surface area contributed by atoms with E-state index in [4.69, 9.17) is 37.8 Å². The number of anilines is 2. The Labute approximate surface area is 220 Å². The summed E-state index contributed by atoms with van der Waals surface area (Å²) in [6, 6.07) is 13.5. The lowest BCUT2D eigenvalue weighted by molar-refractivity contribution is -0.122. The molecule has 2 fully saturated rings. The number of fused-ring (bicyclic) bond motifs is 2. The van der Waals surface area contributed by atoms with E-state index in [1.807, 2.05) is 58.2 Å². The second-order valence-corrected chi connectivity index (χ2v) is 10.6. The highest BCUT2D eigenvalue weighted by Crippen LogP contribution is 2.50. The molecule has 3 aromatic rings. The van der Waals surface area contributed by atoms with Gasteiger partial charge in [0.05, 0.1) is 29.1 Å². The number of aromatic nitrogens is 2. The van der Waals surface area contributed by atoms with Crippen molar-refractivity contribution in [2.45, 2.75) is 43.9 Å². The monoisotopic (exact) mass is 526 g/mol. The molecule has 36 heavy (non-hydrogen) atoms. The first kappa shape index (κ1) is 23.6. The van der Waals surface area contributed by atoms with Gasteiger partial charge in [-0.05, 0) is 61.1 Å². The maximum Gasteiger partial charge on any atom is 0.239 e. The summed E-state index contributed by atoms with van der Waals surface area (Å²) in [5.41, 5.74) is 2.08. The van der Waals surface area contributed by atoms with E-state index >= 15 is 0 Å². The lowest BCUT2D eigenvalue weighted by Crippen LogP contribution is -2.42. The van der Waals surface area contributed by atoms with Crippen molar-refractivity contribution in [1.82, 2.24) is 9.78 Å². The van der Waals surface area contributed by atoms with E-state index in [1.165, 1.54) is 0 Å². The Hall–Kier alpha value is -2.74. The highest BCUT2D eigenvalue weighted by Gasteiger charge is 2.55. The van der Waals surface area contributed by atoms with Gasteiger partial charge in [0.2, 0.25) is 5.91 Å². The van der Waals surface area contributed by atoms with Crippen LogP contribution in [0.2, 0.25) is 10.0 Å². The molecule has 1 aromatic heterocycles. The van der Waals surface area contributed by atoms with Crippen LogP contribution in [0, 0.1) is 0 Å². The molecule has 188 valence electrons. The van der Waals surface area contributed by atoms with Crippen LogP contribution >= 0.6 is 23.2 Å². The topological polar surface area (TPSA) is 59.8 Å². The minimum Gasteiger partial charge on any atom is -0.497 e. The molecule has 2 atom stereocenters. The van der Waals surface area contributed by atoms with Crippen LogP contribution in [0.4, 0.5) is 11.5 Å². The molecule has 0 radical (unpaired) electrons. The van der Waals surface area contributed by atoms with Gasteiger partial charge >= 0.3 is 0 Å². The van der Waals surface area contributed by atoms with Crippen molar-refractivity contribution in [3.63, 3.8) is 0 Å². The summed E-state index contributed by atoms with van der Waals surface area (Å²) in [5.74, 6) is 1.72. The Kier molecular flexibility index (Phi) is 6.10. The molecule has 3 aliphatic heterocycles. The summed E-state index contributed by atoms with van der Waals surface area (Å²) in [7, 11) is 1.64. The van der Waals surface area contributed by atoms with Gasteiger partial charge in [0.25, 0.3) is 0 Å². The molecule has 2 unspecified atom stereocenters. The fourth-order valence-corrected chi connectivity index (χ4v) is 6.01. The summed E-state index contributed by atoms with van der Waals surface area (Å²) >= 11 is 12.9. The molecule has 7 nitrogen and oxygen atoms in total. The predicted molar refractivity (Wildman–Crippen MR) is 140 cm³/mol. The molecule has 4 heterocycles. The standard InChI is InChI=1S/C27H28Cl2N4O3/c1-35-19-7-5-18(6-8-19)16-32-23-15-22(29)21(28)14-20(23)27(26(32)34)10-12-31(17-27)24-9-11-33(30-24)25-4-2-3-13-36-25/h5-9,11,14-15,25H,2-4,10,12-13,16-17H2,1H3. The molecular formula is C27H28Cl2N4O3. The summed E-state index contributed by atoms with van der Waals surface area (Å²) in [5, 5.41) is 5.73. The molecule has 0 aliphatic carbocycles. The Morgan fingerprint density at radius 2 is 1.94 bits per heavy atom. The third kappa shape index (κ3) is 3.94. The van der Waals surface area contributed by atoms with Crippen molar-refractivity contribution in [3.8, 4) is 5.75 Å². The van der Waals surface area contributed by atoms with Gasteiger partial charge in [-0.25, -0.2) is 4.68 Å². The van der Waals surface area contributed by atoms with Crippen LogP contribution in [0.25, 0.3) is 0 Å². The average Bonchev–Trinajstić information content (AvgIpc) is 3.62. The largest absolute Gasteiger partial charge is 0.497 e. The maximum absolute atomic E-state index is 14.1. The van der Waals surface area contributed by atoms with Crippen molar-refractivity contribution in [2.24, 2.45) is 0 Å². The van der Waals surface area contributed by atoms with E-state index < -0.39 is 5.41 Å². The summed E-state index contributed by atoms with van der Waals surface area (Å²) < 4.78 is 13.1. The first-order valence-electron chi connectivity index (χ1n) is 12.3. The van der Waals surface area contributed by atoms with E-state index in [9.17, 15) is 4.79 Å².